The Morgan fingerprint density at radius 1 is 1.15 bits per heavy atom. The molecule has 192 valence electrons. The first kappa shape index (κ1) is 27.8. The van der Waals surface area contributed by atoms with E-state index in [-0.39, 0.29) is 18.5 Å². The highest BCUT2D eigenvalue weighted by Gasteiger charge is 2.24. The van der Waals surface area contributed by atoms with Crippen LogP contribution >= 0.6 is 0 Å². The van der Waals surface area contributed by atoms with Crippen molar-refractivity contribution in [3.8, 4) is 0 Å². The van der Waals surface area contributed by atoms with Crippen LogP contribution in [-0.4, -0.2) is 34.6 Å². The fraction of sp³-hybridized carbons (Fsp3) is 0.704. The molecule has 0 spiro atoms. The topological polar surface area (TPSA) is 132 Å². The van der Waals surface area contributed by atoms with E-state index in [1.807, 2.05) is 18.3 Å². The van der Waals surface area contributed by atoms with E-state index in [1.54, 1.807) is 0 Å². The number of carboxylic acids is 1. The highest BCUT2D eigenvalue weighted by atomic mass is 16.4. The number of guanidine groups is 1. The van der Waals surface area contributed by atoms with E-state index in [9.17, 15) is 9.90 Å². The lowest BCUT2D eigenvalue weighted by molar-refractivity contribution is -0.131. The van der Waals surface area contributed by atoms with Crippen molar-refractivity contribution in [3.05, 3.63) is 35.3 Å². The number of aliphatic carboxylic acids is 1. The fourth-order valence-corrected chi connectivity index (χ4v) is 5.27. The zero-order valence-electron chi connectivity index (χ0n) is 21.1. The molecule has 7 heteroatoms. The minimum absolute atomic E-state index is 0.0435. The molecule has 0 amide bonds. The second kappa shape index (κ2) is 16.2. The molecule has 1 heterocycles. The quantitative estimate of drug-likeness (QED) is 0.0903. The van der Waals surface area contributed by atoms with E-state index >= 15 is 0 Å². The van der Waals surface area contributed by atoms with Crippen LogP contribution in [0.3, 0.4) is 0 Å². The minimum Gasteiger partial charge on any atom is -0.478 e. The Labute approximate surface area is 205 Å². The summed E-state index contributed by atoms with van der Waals surface area (Å²) >= 11 is 0. The molecule has 0 aliphatic heterocycles. The van der Waals surface area contributed by atoms with Crippen molar-refractivity contribution in [2.45, 2.75) is 103 Å². The molecule has 0 aromatic carbocycles. The van der Waals surface area contributed by atoms with Gasteiger partial charge in [-0.1, -0.05) is 108 Å². The van der Waals surface area contributed by atoms with Crippen LogP contribution in [0.4, 0.5) is 5.82 Å². The van der Waals surface area contributed by atoms with Crippen LogP contribution in [0.5, 0.6) is 0 Å². The third-order valence-electron chi connectivity index (χ3n) is 7.11. The summed E-state index contributed by atoms with van der Waals surface area (Å²) in [5.74, 6) is 1.15. The first-order chi connectivity index (χ1) is 16.5. The molecule has 2 rings (SSSR count). The molecule has 34 heavy (non-hydrogen) atoms. The summed E-state index contributed by atoms with van der Waals surface area (Å²) < 4.78 is 0. The van der Waals surface area contributed by atoms with Crippen LogP contribution in [0.25, 0.3) is 5.32 Å². The van der Waals surface area contributed by atoms with E-state index < -0.39 is 5.97 Å². The number of nitrogens with one attached hydrogen (secondary N) is 1. The van der Waals surface area contributed by atoms with Gasteiger partial charge >= 0.3 is 5.97 Å². The molecule has 0 unspecified atom stereocenters. The van der Waals surface area contributed by atoms with Gasteiger partial charge in [-0.3, -0.25) is 0 Å². The highest BCUT2D eigenvalue weighted by Crippen LogP contribution is 2.37. The van der Waals surface area contributed by atoms with Gasteiger partial charge in [0.1, 0.15) is 0 Å². The van der Waals surface area contributed by atoms with Gasteiger partial charge in [-0.25, -0.2) is 9.79 Å². The summed E-state index contributed by atoms with van der Waals surface area (Å²) in [6, 6.07) is 3.53. The third kappa shape index (κ3) is 11.1. The minimum atomic E-state index is -0.997. The Morgan fingerprint density at radius 3 is 2.53 bits per heavy atom. The van der Waals surface area contributed by atoms with Gasteiger partial charge in [-0.15, -0.1) is 0 Å². The normalized spacial score (nSPS) is 16.7. The van der Waals surface area contributed by atoms with Crippen LogP contribution in [0.15, 0.2) is 35.0 Å². The van der Waals surface area contributed by atoms with Crippen LogP contribution in [0, 0.1) is 11.8 Å². The van der Waals surface area contributed by atoms with Gasteiger partial charge in [-0.2, -0.15) is 0 Å². The molecular weight excluding hydrogens is 426 g/mol. The molecule has 7 nitrogen and oxygen atoms in total. The number of aliphatic imine (C=N–C) groups is 1. The van der Waals surface area contributed by atoms with Crippen LogP contribution in [-0.2, 0) is 4.79 Å². The molecule has 1 fully saturated rings. The second-order valence-electron chi connectivity index (χ2n) is 9.79. The van der Waals surface area contributed by atoms with Crippen molar-refractivity contribution in [3.63, 3.8) is 0 Å². The maximum Gasteiger partial charge on any atom is 0.328 e. The van der Waals surface area contributed by atoms with Gasteiger partial charge < -0.3 is 26.9 Å². The summed E-state index contributed by atoms with van der Waals surface area (Å²) in [6.07, 6.45) is 20.7. The maximum absolute atomic E-state index is 11.6. The summed E-state index contributed by atoms with van der Waals surface area (Å²) in [5.41, 5.74) is 11.7. The molecule has 1 aromatic heterocycles. The van der Waals surface area contributed by atoms with Gasteiger partial charge in [0, 0.05) is 6.08 Å². The van der Waals surface area contributed by atoms with Gasteiger partial charge in [0.15, 0.2) is 5.96 Å². The third-order valence-corrected chi connectivity index (χ3v) is 7.11. The molecule has 1 aromatic rings. The lowest BCUT2D eigenvalue weighted by Gasteiger charge is -2.33. The largest absolute Gasteiger partial charge is 0.478 e. The molecular formula is C27H46N5O2-. The van der Waals surface area contributed by atoms with Crippen LogP contribution in [0.1, 0.15) is 96.8 Å². The molecule has 6 N–H and O–H groups in total. The Kier molecular flexibility index (Phi) is 13.3. The second-order valence-corrected chi connectivity index (χ2v) is 9.79. The molecule has 2 atom stereocenters. The van der Waals surface area contributed by atoms with E-state index in [1.165, 1.54) is 83.1 Å². The first-order valence-corrected chi connectivity index (χ1v) is 13.3. The number of rotatable bonds is 17. The molecule has 0 saturated heterocycles. The van der Waals surface area contributed by atoms with E-state index in [4.69, 9.17) is 16.8 Å². The van der Waals surface area contributed by atoms with E-state index in [0.717, 1.165) is 24.6 Å². The zero-order valence-corrected chi connectivity index (χ0v) is 21.1. The average molecular weight is 473 g/mol. The smallest absolute Gasteiger partial charge is 0.328 e. The standard InChI is InChI=1S/C27H46N5O2/c1-2-3-4-5-6-8-14-22(21-12-9-7-10-13-21)16-17-24(32-25-15-11-18-30-25)23(19-26(33)34)20-31-27(28)29/h11,15,18-19,21-22,24,30H,2-10,12-14,16-17,20H2,1H3,(H,33,34)(H4,28,29,31)/q-1/b23-19+/t22-,24-/m1/s1. The number of nitrogens with zero attached hydrogens (tertiary/aromatic N) is 2. The van der Waals surface area contributed by atoms with Crippen molar-refractivity contribution < 1.29 is 9.90 Å². The van der Waals surface area contributed by atoms with Crippen molar-refractivity contribution in [1.29, 1.82) is 0 Å². The number of aromatic amines is 1. The Morgan fingerprint density at radius 2 is 1.88 bits per heavy atom. The molecule has 1 aliphatic rings. The van der Waals surface area contributed by atoms with E-state index in [0.29, 0.717) is 11.5 Å². The Bertz CT molecular complexity index is 734. The number of H-pyrrole nitrogens is 1. The van der Waals surface area contributed by atoms with Crippen molar-refractivity contribution in [1.82, 2.24) is 4.98 Å². The van der Waals surface area contributed by atoms with Gasteiger partial charge in [0.25, 0.3) is 0 Å². The maximum atomic E-state index is 11.6. The predicted molar refractivity (Wildman–Crippen MR) is 141 cm³/mol. The van der Waals surface area contributed by atoms with Crippen LogP contribution < -0.4 is 11.5 Å². The zero-order chi connectivity index (χ0) is 24.6. The first-order valence-electron chi connectivity index (χ1n) is 13.3. The Balaban J connectivity index is 2.09. The predicted octanol–water partition coefficient (Wildman–Crippen LogP) is 6.40. The van der Waals surface area contributed by atoms with Gasteiger partial charge in [-0.05, 0) is 36.3 Å². The number of nitrogens with two attached hydrogens (primary N) is 2. The number of carboxylic acid groups (broad SMARTS) is 1. The summed E-state index contributed by atoms with van der Waals surface area (Å²) in [6.45, 7) is 2.41. The number of unbranched alkanes of at least 4 members (excludes halogenated alkanes) is 5. The average Bonchev–Trinajstić information content (AvgIpc) is 3.33. The SMILES string of the molecule is CCCCCCCC[C@H](CC[C@@H]([N-]c1ccc[nH]1)/C(=C/C(=O)O)CN=C(N)N)C1CCCCC1. The molecule has 1 saturated carbocycles. The monoisotopic (exact) mass is 472 g/mol. The van der Waals surface area contributed by atoms with E-state index in [2.05, 4.69) is 16.9 Å². The summed E-state index contributed by atoms with van der Waals surface area (Å²) in [5, 5.41) is 14.3. The highest BCUT2D eigenvalue weighted by molar-refractivity contribution is 5.81. The lowest BCUT2D eigenvalue weighted by Crippen LogP contribution is -2.25. The van der Waals surface area contributed by atoms with Crippen LogP contribution in [0.2, 0.25) is 0 Å². The summed E-state index contributed by atoms with van der Waals surface area (Å²) in [7, 11) is 0. The Hall–Kier alpha value is -2.44. The lowest BCUT2D eigenvalue weighted by atomic mass is 9.75. The van der Waals surface area contributed by atoms with Crippen molar-refractivity contribution in [2.75, 3.05) is 6.54 Å². The van der Waals surface area contributed by atoms with Crippen molar-refractivity contribution in [2.24, 2.45) is 28.3 Å². The number of hydrogen-bond donors (Lipinski definition) is 4. The molecule has 1 aliphatic carbocycles. The fourth-order valence-electron chi connectivity index (χ4n) is 5.27. The molecule has 0 radical (unpaired) electrons. The summed E-state index contributed by atoms with van der Waals surface area (Å²) in [4.78, 5) is 18.8. The van der Waals surface area contributed by atoms with Gasteiger partial charge in [0.05, 0.1) is 6.54 Å². The number of carbonyl (C=O) groups is 1. The molecule has 0 bridgehead atoms. The number of hydrogen-bond acceptors (Lipinski definition) is 2. The number of aromatic nitrogens is 1. The van der Waals surface area contributed by atoms with Crippen molar-refractivity contribution >= 4 is 17.7 Å². The van der Waals surface area contributed by atoms with Gasteiger partial charge in [0.2, 0.25) is 0 Å².